The van der Waals surface area contributed by atoms with Gasteiger partial charge in [-0.1, -0.05) is 24.3 Å². The van der Waals surface area contributed by atoms with E-state index in [1.54, 1.807) is 0 Å². The van der Waals surface area contributed by atoms with Gasteiger partial charge in [0.05, 0.1) is 0 Å². The molecule has 42 heavy (non-hydrogen) atoms. The van der Waals surface area contributed by atoms with Crippen LogP contribution in [-0.4, -0.2) is 115 Å². The van der Waals surface area contributed by atoms with Gasteiger partial charge in [-0.05, 0) is 35.4 Å². The molecule has 0 bridgehead atoms. The number of carbonyl (C=O) groups is 6. The van der Waals surface area contributed by atoms with E-state index in [0.29, 0.717) is 20.9 Å². The number of aromatic hydroxyl groups is 2. The third-order valence-corrected chi connectivity index (χ3v) is 5.81. The summed E-state index contributed by atoms with van der Waals surface area (Å²) >= 11 is 0. The number of phenols is 2. The number of nitrogens with one attached hydrogen (secondary N) is 2. The molecule has 8 N–H and O–H groups in total. The van der Waals surface area contributed by atoms with Crippen molar-refractivity contribution < 1.29 is 59.4 Å². The zero-order valence-corrected chi connectivity index (χ0v) is 22.0. The van der Waals surface area contributed by atoms with Gasteiger partial charge in [0.15, 0.2) is 0 Å². The van der Waals surface area contributed by atoms with Gasteiger partial charge in [0.1, 0.15) is 36.7 Å². The van der Waals surface area contributed by atoms with Crippen molar-refractivity contribution in [2.45, 2.75) is 24.9 Å². The maximum absolute atomic E-state index is 12.9. The van der Waals surface area contributed by atoms with Crippen molar-refractivity contribution in [1.82, 2.24) is 20.4 Å². The molecule has 0 radical (unpaired) electrons. The zero-order valence-electron chi connectivity index (χ0n) is 22.0. The predicted molar refractivity (Wildman–Crippen MR) is 142 cm³/mol. The van der Waals surface area contributed by atoms with Crippen LogP contribution in [0.4, 0.5) is 9.59 Å². The fourth-order valence-electron chi connectivity index (χ4n) is 3.69. The van der Waals surface area contributed by atoms with Gasteiger partial charge >= 0.3 is 35.9 Å². The average molecular weight is 591 g/mol. The Morgan fingerprint density at radius 3 is 1.14 bits per heavy atom. The smallest absolute Gasteiger partial charge is 0.326 e. The van der Waals surface area contributed by atoms with E-state index in [4.69, 9.17) is 0 Å². The van der Waals surface area contributed by atoms with Crippen LogP contribution in [0.25, 0.3) is 0 Å². The van der Waals surface area contributed by atoms with Crippen molar-refractivity contribution in [3.8, 4) is 11.5 Å². The van der Waals surface area contributed by atoms with Crippen LogP contribution in [-0.2, 0) is 32.0 Å². The molecule has 0 spiro atoms. The van der Waals surface area contributed by atoms with Crippen LogP contribution in [0.5, 0.6) is 11.5 Å². The lowest BCUT2D eigenvalue weighted by atomic mass is 10.1. The minimum Gasteiger partial charge on any atom is -0.508 e. The molecule has 0 aliphatic heterocycles. The van der Waals surface area contributed by atoms with Crippen LogP contribution in [0.1, 0.15) is 11.1 Å². The Morgan fingerprint density at radius 2 is 0.881 bits per heavy atom. The predicted octanol–water partition coefficient (Wildman–Crippen LogP) is -0.0182. The van der Waals surface area contributed by atoms with Crippen LogP contribution in [0.3, 0.4) is 0 Å². The number of phenolic OH excluding ortho intramolecular Hbond substituents is 2. The standard InChI is InChI=1S/C26H30N4O12/c31-17-5-1-15(2-6-17)11-19(23(37)38)27-25(41)29(13-21(33)34)9-10-30(14-22(35)36)26(42)28-20(24(39)40)12-16-3-7-18(32)8-4-16/h1-8,19-20,31-32H,9-14H2,(H,27,41)(H,28,42)(H,33,34)(H,35,36)(H,37,38)(H,39,40)/t19-,20-/m0/s1. The zero-order chi connectivity index (χ0) is 31.4. The van der Waals surface area contributed by atoms with Gasteiger partial charge < -0.3 is 51.1 Å². The molecule has 2 aromatic rings. The number of nitrogens with zero attached hydrogens (tertiary/aromatic N) is 2. The third kappa shape index (κ3) is 10.9. The largest absolute Gasteiger partial charge is 0.508 e. The third-order valence-electron chi connectivity index (χ3n) is 5.81. The van der Waals surface area contributed by atoms with E-state index >= 15 is 0 Å². The first-order valence-corrected chi connectivity index (χ1v) is 12.3. The van der Waals surface area contributed by atoms with Crippen molar-refractivity contribution in [3.05, 3.63) is 59.7 Å². The van der Waals surface area contributed by atoms with Crippen molar-refractivity contribution >= 4 is 35.9 Å². The number of aliphatic carboxylic acids is 4. The van der Waals surface area contributed by atoms with Crippen LogP contribution in [0, 0.1) is 0 Å². The molecular formula is C26H30N4O12. The quantitative estimate of drug-likeness (QED) is 0.136. The molecule has 4 amide bonds. The number of amides is 4. The highest BCUT2D eigenvalue weighted by atomic mass is 16.4. The summed E-state index contributed by atoms with van der Waals surface area (Å²) < 4.78 is 0. The maximum Gasteiger partial charge on any atom is 0.326 e. The van der Waals surface area contributed by atoms with E-state index in [-0.39, 0.29) is 24.3 Å². The highest BCUT2D eigenvalue weighted by Gasteiger charge is 2.28. The number of urea groups is 2. The van der Waals surface area contributed by atoms with Crippen molar-refractivity contribution in [2.75, 3.05) is 26.2 Å². The Kier molecular flexibility index (Phi) is 11.9. The number of carbonyl (C=O) groups excluding carboxylic acids is 2. The Balaban J connectivity index is 2.14. The maximum atomic E-state index is 12.9. The first-order chi connectivity index (χ1) is 19.7. The highest BCUT2D eigenvalue weighted by Crippen LogP contribution is 2.13. The summed E-state index contributed by atoms with van der Waals surface area (Å²) in [5.41, 5.74) is 0.879. The molecule has 0 heterocycles. The SMILES string of the molecule is O=C(O)CN(CCN(CC(=O)O)C(=O)N[C@@H](Cc1ccc(O)cc1)C(=O)O)C(=O)N[C@@H](Cc1ccc(O)cc1)C(=O)O. The summed E-state index contributed by atoms with van der Waals surface area (Å²) in [6.07, 6.45) is -0.430. The number of hydrogen-bond donors (Lipinski definition) is 8. The molecule has 2 rings (SSSR count). The van der Waals surface area contributed by atoms with Gasteiger partial charge in [0, 0.05) is 25.9 Å². The van der Waals surface area contributed by atoms with Crippen molar-refractivity contribution in [2.24, 2.45) is 0 Å². The number of carboxylic acids is 4. The second-order valence-corrected chi connectivity index (χ2v) is 9.05. The van der Waals surface area contributed by atoms with E-state index in [2.05, 4.69) is 10.6 Å². The second kappa shape index (κ2) is 15.3. The molecule has 0 fully saturated rings. The van der Waals surface area contributed by atoms with Crippen LogP contribution in [0.2, 0.25) is 0 Å². The van der Waals surface area contributed by atoms with Crippen molar-refractivity contribution in [1.29, 1.82) is 0 Å². The van der Waals surface area contributed by atoms with E-state index in [0.717, 1.165) is 0 Å². The molecule has 0 unspecified atom stereocenters. The Hall–Kier alpha value is -5.54. The second-order valence-electron chi connectivity index (χ2n) is 9.05. The minimum absolute atomic E-state index is 0.0627. The Bertz CT molecular complexity index is 1180. The highest BCUT2D eigenvalue weighted by molar-refractivity contribution is 5.86. The van der Waals surface area contributed by atoms with E-state index < -0.39 is 74.2 Å². The average Bonchev–Trinajstić information content (AvgIpc) is 2.91. The van der Waals surface area contributed by atoms with E-state index in [1.165, 1.54) is 48.5 Å². The molecule has 2 atom stereocenters. The molecule has 0 saturated heterocycles. The van der Waals surface area contributed by atoms with Gasteiger partial charge in [0.25, 0.3) is 0 Å². The molecule has 0 saturated carbocycles. The first-order valence-electron chi connectivity index (χ1n) is 12.3. The lowest BCUT2D eigenvalue weighted by Crippen LogP contribution is -2.54. The summed E-state index contributed by atoms with van der Waals surface area (Å²) in [4.78, 5) is 73.3. The summed E-state index contributed by atoms with van der Waals surface area (Å²) in [5.74, 6) is -5.97. The fourth-order valence-corrected chi connectivity index (χ4v) is 3.69. The molecular weight excluding hydrogens is 560 g/mol. The summed E-state index contributed by atoms with van der Waals surface area (Å²) in [6.45, 7) is -2.98. The lowest BCUT2D eigenvalue weighted by molar-refractivity contribution is -0.140. The minimum atomic E-state index is -1.51. The van der Waals surface area contributed by atoms with Gasteiger partial charge in [-0.15, -0.1) is 0 Å². The normalized spacial score (nSPS) is 11.9. The van der Waals surface area contributed by atoms with Crippen LogP contribution in [0.15, 0.2) is 48.5 Å². The number of hydrogen-bond acceptors (Lipinski definition) is 8. The van der Waals surface area contributed by atoms with E-state index in [9.17, 15) is 59.4 Å². The van der Waals surface area contributed by atoms with Gasteiger partial charge in [-0.3, -0.25) is 9.59 Å². The monoisotopic (exact) mass is 590 g/mol. The van der Waals surface area contributed by atoms with Gasteiger partial charge in [-0.25, -0.2) is 19.2 Å². The Labute approximate surface area is 238 Å². The first kappa shape index (κ1) is 32.7. The van der Waals surface area contributed by atoms with E-state index in [1.807, 2.05) is 0 Å². The molecule has 226 valence electrons. The summed E-state index contributed by atoms with van der Waals surface area (Å²) in [6, 6.07) is 5.71. The van der Waals surface area contributed by atoms with Gasteiger partial charge in [0.2, 0.25) is 0 Å². The lowest BCUT2D eigenvalue weighted by Gasteiger charge is -2.28. The van der Waals surface area contributed by atoms with Crippen LogP contribution >= 0.6 is 0 Å². The van der Waals surface area contributed by atoms with Crippen LogP contribution < -0.4 is 10.6 Å². The molecule has 2 aromatic carbocycles. The van der Waals surface area contributed by atoms with Crippen molar-refractivity contribution in [3.63, 3.8) is 0 Å². The number of carboxylic acid groups (broad SMARTS) is 4. The Morgan fingerprint density at radius 1 is 0.571 bits per heavy atom. The fraction of sp³-hybridized carbons (Fsp3) is 0.308. The number of benzene rings is 2. The topological polar surface area (TPSA) is 254 Å². The van der Waals surface area contributed by atoms with Gasteiger partial charge in [-0.2, -0.15) is 0 Å². The molecule has 0 aliphatic carbocycles. The molecule has 0 aromatic heterocycles. The number of rotatable bonds is 15. The molecule has 0 aliphatic rings. The summed E-state index contributed by atoms with van der Waals surface area (Å²) in [5, 5.41) is 60.8. The molecule has 16 nitrogen and oxygen atoms in total. The summed E-state index contributed by atoms with van der Waals surface area (Å²) in [7, 11) is 0. The molecule has 16 heteroatoms.